The lowest BCUT2D eigenvalue weighted by molar-refractivity contribution is -0.385. The number of amides is 2. The number of esters is 1. The zero-order valence-electron chi connectivity index (χ0n) is 15.4. The van der Waals surface area contributed by atoms with Crippen LogP contribution in [0.15, 0.2) is 42.5 Å². The van der Waals surface area contributed by atoms with Crippen LogP contribution in [0.2, 0.25) is 0 Å². The van der Waals surface area contributed by atoms with E-state index in [9.17, 15) is 24.5 Å². The predicted octanol–water partition coefficient (Wildman–Crippen LogP) is 2.18. The highest BCUT2D eigenvalue weighted by Gasteiger charge is 2.34. The van der Waals surface area contributed by atoms with Gasteiger partial charge in [0.05, 0.1) is 34.2 Å². The number of nitro benzene ring substituents is 1. The molecule has 0 radical (unpaired) electrons. The maximum absolute atomic E-state index is 12.3. The molecule has 0 fully saturated rings. The third-order valence-corrected chi connectivity index (χ3v) is 4.55. The highest BCUT2D eigenvalue weighted by molar-refractivity contribution is 6.21. The minimum absolute atomic E-state index is 0.0422. The van der Waals surface area contributed by atoms with Gasteiger partial charge in [-0.1, -0.05) is 12.1 Å². The second kappa shape index (κ2) is 7.66. The smallest absolute Gasteiger partial charge is 0.330 e. The first-order chi connectivity index (χ1) is 14.5. The number of hydrogen-bond acceptors (Lipinski definition) is 8. The lowest BCUT2D eigenvalue weighted by atomic mass is 10.1. The molecule has 0 bridgehead atoms. The van der Waals surface area contributed by atoms with Crippen LogP contribution in [0.1, 0.15) is 26.3 Å². The first-order valence-electron chi connectivity index (χ1n) is 8.84. The molecule has 4 rings (SSSR count). The molecule has 152 valence electrons. The van der Waals surface area contributed by atoms with Crippen molar-refractivity contribution in [2.75, 3.05) is 19.9 Å². The first-order valence-corrected chi connectivity index (χ1v) is 8.84. The van der Waals surface area contributed by atoms with Gasteiger partial charge in [-0.3, -0.25) is 24.6 Å². The van der Waals surface area contributed by atoms with Crippen LogP contribution in [0, 0.1) is 10.1 Å². The van der Waals surface area contributed by atoms with Crippen molar-refractivity contribution in [3.05, 3.63) is 69.3 Å². The fourth-order valence-electron chi connectivity index (χ4n) is 3.12. The van der Waals surface area contributed by atoms with Crippen LogP contribution < -0.4 is 9.47 Å². The summed E-state index contributed by atoms with van der Waals surface area (Å²) in [5.74, 6) is -1.09. The minimum Gasteiger partial charge on any atom is -0.461 e. The first kappa shape index (κ1) is 19.1. The van der Waals surface area contributed by atoms with Gasteiger partial charge in [0.25, 0.3) is 17.5 Å². The number of hydrogen-bond donors (Lipinski definition) is 0. The van der Waals surface area contributed by atoms with Gasteiger partial charge in [-0.05, 0) is 24.3 Å². The molecule has 0 saturated carbocycles. The summed E-state index contributed by atoms with van der Waals surface area (Å²) in [7, 11) is 0. The van der Waals surface area contributed by atoms with Crippen LogP contribution in [0.25, 0.3) is 6.08 Å². The quantitative estimate of drug-likeness (QED) is 0.233. The second-order valence-electron chi connectivity index (χ2n) is 6.33. The molecule has 10 nitrogen and oxygen atoms in total. The van der Waals surface area contributed by atoms with Crippen LogP contribution in [-0.2, 0) is 9.53 Å². The lowest BCUT2D eigenvalue weighted by Crippen LogP contribution is -2.33. The molecule has 0 aliphatic carbocycles. The predicted molar refractivity (Wildman–Crippen MR) is 101 cm³/mol. The number of fused-ring (bicyclic) bond motifs is 2. The molecule has 0 atom stereocenters. The third kappa shape index (κ3) is 3.46. The van der Waals surface area contributed by atoms with Crippen LogP contribution in [0.4, 0.5) is 5.69 Å². The summed E-state index contributed by atoms with van der Waals surface area (Å²) in [6.07, 6.45) is 2.25. The molecule has 2 aromatic carbocycles. The van der Waals surface area contributed by atoms with Gasteiger partial charge in [0.2, 0.25) is 6.79 Å². The molecule has 2 aliphatic rings. The van der Waals surface area contributed by atoms with E-state index in [1.165, 1.54) is 18.2 Å². The van der Waals surface area contributed by atoms with E-state index in [0.29, 0.717) is 16.9 Å². The van der Waals surface area contributed by atoms with E-state index in [4.69, 9.17) is 14.2 Å². The van der Waals surface area contributed by atoms with E-state index in [2.05, 4.69) is 0 Å². The van der Waals surface area contributed by atoms with Gasteiger partial charge in [-0.25, -0.2) is 4.79 Å². The molecule has 10 heteroatoms. The molecule has 0 aromatic heterocycles. The van der Waals surface area contributed by atoms with Gasteiger partial charge in [0.15, 0.2) is 11.5 Å². The summed E-state index contributed by atoms with van der Waals surface area (Å²) < 4.78 is 15.3. The third-order valence-electron chi connectivity index (χ3n) is 4.55. The molecular formula is C20H14N2O8. The monoisotopic (exact) mass is 410 g/mol. The largest absolute Gasteiger partial charge is 0.461 e. The van der Waals surface area contributed by atoms with E-state index >= 15 is 0 Å². The highest BCUT2D eigenvalue weighted by Crippen LogP contribution is 2.38. The van der Waals surface area contributed by atoms with Crippen LogP contribution in [0.5, 0.6) is 11.5 Å². The summed E-state index contributed by atoms with van der Waals surface area (Å²) >= 11 is 0. The molecule has 0 unspecified atom stereocenters. The van der Waals surface area contributed by atoms with E-state index in [0.717, 1.165) is 11.0 Å². The number of carbonyl (C=O) groups is 3. The number of nitrogens with zero attached hydrogens (tertiary/aromatic N) is 2. The minimum atomic E-state index is -0.779. The molecule has 0 N–H and O–H groups in total. The topological polar surface area (TPSA) is 125 Å². The number of imide groups is 1. The van der Waals surface area contributed by atoms with Crippen LogP contribution in [0.3, 0.4) is 0 Å². The SMILES string of the molecule is O=C(/C=C/c1cc2c(cc1[N+](=O)[O-])OCO2)OCCN1C(=O)c2ccccc2C1=O. The van der Waals surface area contributed by atoms with Crippen molar-refractivity contribution < 1.29 is 33.5 Å². The number of ether oxygens (including phenoxy) is 3. The van der Waals surface area contributed by atoms with Gasteiger partial charge in [0.1, 0.15) is 6.61 Å². The Kier molecular flexibility index (Phi) is 4.88. The maximum Gasteiger partial charge on any atom is 0.330 e. The van der Waals surface area contributed by atoms with Crippen molar-refractivity contribution >= 4 is 29.5 Å². The second-order valence-corrected chi connectivity index (χ2v) is 6.33. The van der Waals surface area contributed by atoms with E-state index < -0.39 is 22.7 Å². The van der Waals surface area contributed by atoms with Gasteiger partial charge < -0.3 is 14.2 Å². The van der Waals surface area contributed by atoms with Gasteiger partial charge in [-0.15, -0.1) is 0 Å². The Bertz CT molecular complexity index is 1070. The molecular weight excluding hydrogens is 396 g/mol. The van der Waals surface area contributed by atoms with Crippen LogP contribution in [-0.4, -0.2) is 47.6 Å². The van der Waals surface area contributed by atoms with Gasteiger partial charge in [0, 0.05) is 6.08 Å². The van der Waals surface area contributed by atoms with Crippen molar-refractivity contribution in [1.82, 2.24) is 4.90 Å². The standard InChI is InChI=1S/C20H14N2O8/c23-18(6-5-12-9-16-17(30-11-29-16)10-15(12)22(26)27)28-8-7-21-19(24)13-3-1-2-4-14(13)20(21)25/h1-6,9-10H,7-8,11H2/b6-5+. The number of rotatable bonds is 6. The average Bonchev–Trinajstić information content (AvgIpc) is 3.29. The molecule has 2 aromatic rings. The van der Waals surface area contributed by atoms with Crippen LogP contribution >= 0.6 is 0 Å². The highest BCUT2D eigenvalue weighted by atomic mass is 16.7. The van der Waals surface area contributed by atoms with Crippen molar-refractivity contribution in [2.24, 2.45) is 0 Å². The lowest BCUT2D eigenvalue weighted by Gasteiger charge is -2.13. The zero-order valence-corrected chi connectivity index (χ0v) is 15.4. The Morgan fingerprint density at radius 3 is 2.40 bits per heavy atom. The Morgan fingerprint density at radius 1 is 1.13 bits per heavy atom. The van der Waals surface area contributed by atoms with Crippen molar-refractivity contribution in [3.8, 4) is 11.5 Å². The molecule has 0 saturated heterocycles. The van der Waals surface area contributed by atoms with E-state index in [-0.39, 0.29) is 36.9 Å². The Labute approximate surface area is 169 Å². The normalized spacial score (nSPS) is 14.3. The summed E-state index contributed by atoms with van der Waals surface area (Å²) in [6, 6.07) is 9.05. The summed E-state index contributed by atoms with van der Waals surface area (Å²) in [6.45, 7) is -0.354. The average molecular weight is 410 g/mol. The molecule has 2 amide bonds. The molecule has 0 spiro atoms. The van der Waals surface area contributed by atoms with Crippen molar-refractivity contribution in [2.45, 2.75) is 0 Å². The van der Waals surface area contributed by atoms with Gasteiger partial charge >= 0.3 is 5.97 Å². The fourth-order valence-corrected chi connectivity index (χ4v) is 3.12. The number of carbonyl (C=O) groups excluding carboxylic acids is 3. The van der Waals surface area contributed by atoms with E-state index in [1.807, 2.05) is 0 Å². The number of nitro groups is 1. The van der Waals surface area contributed by atoms with Crippen molar-refractivity contribution in [3.63, 3.8) is 0 Å². The Balaban J connectivity index is 1.37. The van der Waals surface area contributed by atoms with E-state index in [1.54, 1.807) is 24.3 Å². The summed E-state index contributed by atoms with van der Waals surface area (Å²) in [4.78, 5) is 48.1. The van der Waals surface area contributed by atoms with Crippen molar-refractivity contribution in [1.29, 1.82) is 0 Å². The number of benzene rings is 2. The zero-order chi connectivity index (χ0) is 21.3. The fraction of sp³-hybridized carbons (Fsp3) is 0.150. The summed E-state index contributed by atoms with van der Waals surface area (Å²) in [5.41, 5.74) is 0.503. The summed E-state index contributed by atoms with van der Waals surface area (Å²) in [5, 5.41) is 11.2. The molecule has 2 aliphatic heterocycles. The van der Waals surface area contributed by atoms with Gasteiger partial charge in [-0.2, -0.15) is 0 Å². The molecule has 2 heterocycles. The molecule has 30 heavy (non-hydrogen) atoms. The maximum atomic E-state index is 12.3. The Hall–Kier alpha value is -4.21. The Morgan fingerprint density at radius 2 is 1.77 bits per heavy atom.